The summed E-state index contributed by atoms with van der Waals surface area (Å²) in [5.41, 5.74) is 3.32. The van der Waals surface area contributed by atoms with Crippen molar-refractivity contribution in [1.29, 1.82) is 5.26 Å². The lowest BCUT2D eigenvalue weighted by Crippen LogP contribution is -2.11. The minimum Gasteiger partial charge on any atom is -0.398 e. The van der Waals surface area contributed by atoms with Crippen LogP contribution >= 0.6 is 0 Å². The lowest BCUT2D eigenvalue weighted by atomic mass is 10.0. The number of alkyl halides is 6. The molecule has 0 aliphatic heterocycles. The van der Waals surface area contributed by atoms with Gasteiger partial charge in [0, 0.05) is 16.8 Å². The molecule has 2 aromatic carbocycles. The second-order valence-corrected chi connectivity index (χ2v) is 5.36. The Morgan fingerprint density at radius 2 is 1.42 bits per heavy atom. The third-order valence-electron chi connectivity index (χ3n) is 3.54. The molecule has 0 saturated heterocycles. The topological polar surface area (TPSA) is 49.8 Å². The highest BCUT2D eigenvalue weighted by Crippen LogP contribution is 2.36. The first-order valence-corrected chi connectivity index (χ1v) is 7.04. The molecule has 0 aliphatic rings. The van der Waals surface area contributed by atoms with Gasteiger partial charge < -0.3 is 5.73 Å². The van der Waals surface area contributed by atoms with Crippen molar-refractivity contribution in [2.24, 2.45) is 0 Å². The van der Waals surface area contributed by atoms with E-state index in [1.807, 2.05) is 6.07 Å². The zero-order valence-electron chi connectivity index (χ0n) is 13.2. The van der Waals surface area contributed by atoms with Gasteiger partial charge in [0.25, 0.3) is 0 Å². The van der Waals surface area contributed by atoms with Gasteiger partial charge in [-0.1, -0.05) is 11.8 Å². The number of nitrogen functional groups attached to an aromatic ring is 1. The molecule has 8 heteroatoms. The highest BCUT2D eigenvalue weighted by atomic mass is 19.4. The van der Waals surface area contributed by atoms with Crippen molar-refractivity contribution in [3.05, 3.63) is 63.7 Å². The second kappa shape index (κ2) is 6.64. The Morgan fingerprint density at radius 1 is 0.885 bits per heavy atom. The first-order chi connectivity index (χ1) is 11.9. The summed E-state index contributed by atoms with van der Waals surface area (Å²) in [6.07, 6.45) is -9.88. The van der Waals surface area contributed by atoms with Crippen LogP contribution in [0.3, 0.4) is 0 Å². The van der Waals surface area contributed by atoms with Crippen molar-refractivity contribution in [2.75, 3.05) is 5.73 Å². The van der Waals surface area contributed by atoms with E-state index in [2.05, 4.69) is 11.8 Å². The fraction of sp³-hybridized carbons (Fsp3) is 0.167. The van der Waals surface area contributed by atoms with Crippen molar-refractivity contribution in [3.63, 3.8) is 0 Å². The van der Waals surface area contributed by atoms with Gasteiger partial charge in [-0.2, -0.15) is 31.6 Å². The number of benzene rings is 2. The Bertz CT molecular complexity index is 921. The summed E-state index contributed by atoms with van der Waals surface area (Å²) < 4.78 is 77.0. The van der Waals surface area contributed by atoms with E-state index >= 15 is 0 Å². The van der Waals surface area contributed by atoms with Gasteiger partial charge in [-0.25, -0.2) is 0 Å². The number of nitriles is 1. The first-order valence-electron chi connectivity index (χ1n) is 7.04. The highest BCUT2D eigenvalue weighted by molar-refractivity contribution is 5.63. The Balaban J connectivity index is 2.59. The molecule has 134 valence electrons. The largest absolute Gasteiger partial charge is 0.416 e. The molecule has 0 radical (unpaired) electrons. The van der Waals surface area contributed by atoms with E-state index in [9.17, 15) is 26.3 Å². The number of nitrogens with two attached hydrogens (primary N) is 1. The zero-order chi connectivity index (χ0) is 19.7. The smallest absolute Gasteiger partial charge is 0.398 e. The molecule has 2 rings (SSSR count). The molecule has 0 aromatic heterocycles. The molecule has 0 fully saturated rings. The summed E-state index contributed by atoms with van der Waals surface area (Å²) >= 11 is 0. The van der Waals surface area contributed by atoms with Crippen molar-refractivity contribution in [3.8, 4) is 17.9 Å². The average Bonchev–Trinajstić information content (AvgIpc) is 2.52. The van der Waals surface area contributed by atoms with E-state index in [-0.39, 0.29) is 22.9 Å². The van der Waals surface area contributed by atoms with Crippen molar-refractivity contribution >= 4 is 5.69 Å². The first kappa shape index (κ1) is 19.2. The van der Waals surface area contributed by atoms with Gasteiger partial charge in [0.2, 0.25) is 0 Å². The lowest BCUT2D eigenvalue weighted by molar-refractivity contribution is -0.143. The minimum atomic E-state index is -4.94. The van der Waals surface area contributed by atoms with E-state index < -0.39 is 29.0 Å². The van der Waals surface area contributed by atoms with Gasteiger partial charge in [0.15, 0.2) is 0 Å². The van der Waals surface area contributed by atoms with Crippen molar-refractivity contribution in [2.45, 2.75) is 19.3 Å². The maximum atomic E-state index is 12.8. The van der Waals surface area contributed by atoms with Crippen LogP contribution in [0.1, 0.15) is 33.4 Å². The molecule has 2 nitrogen and oxygen atoms in total. The number of anilines is 1. The van der Waals surface area contributed by atoms with E-state index in [0.717, 1.165) is 0 Å². The molecule has 0 atom stereocenters. The summed E-state index contributed by atoms with van der Waals surface area (Å²) in [5.74, 6) is 4.79. The molecule has 2 aromatic rings. The molecule has 2 N–H and O–H groups in total. The number of rotatable bonds is 0. The summed E-state index contributed by atoms with van der Waals surface area (Å²) in [6, 6.07) is 5.82. The third kappa shape index (κ3) is 4.09. The van der Waals surface area contributed by atoms with E-state index in [1.165, 1.54) is 19.1 Å². The summed E-state index contributed by atoms with van der Waals surface area (Å²) in [6.45, 7) is 1.53. The molecular formula is C18H10F6N2. The van der Waals surface area contributed by atoms with Gasteiger partial charge in [0.05, 0.1) is 16.7 Å². The minimum absolute atomic E-state index is 0.0352. The number of hydrogen-bond acceptors (Lipinski definition) is 2. The fourth-order valence-electron chi connectivity index (χ4n) is 2.18. The van der Waals surface area contributed by atoms with E-state index in [4.69, 9.17) is 11.0 Å². The number of hydrogen-bond donors (Lipinski definition) is 1. The van der Waals surface area contributed by atoms with Gasteiger partial charge in [0.1, 0.15) is 6.07 Å². The Morgan fingerprint density at radius 3 is 1.88 bits per heavy atom. The Labute approximate surface area is 144 Å². The van der Waals surface area contributed by atoms with Crippen LogP contribution in [0.2, 0.25) is 0 Å². The summed E-state index contributed by atoms with van der Waals surface area (Å²) in [5, 5.41) is 9.03. The monoisotopic (exact) mass is 368 g/mol. The predicted molar refractivity (Wildman–Crippen MR) is 82.7 cm³/mol. The van der Waals surface area contributed by atoms with Gasteiger partial charge in [-0.3, -0.25) is 0 Å². The Kier molecular flexibility index (Phi) is 4.90. The highest BCUT2D eigenvalue weighted by Gasteiger charge is 2.36. The van der Waals surface area contributed by atoms with E-state index in [1.54, 1.807) is 0 Å². The van der Waals surface area contributed by atoms with Crippen molar-refractivity contribution < 1.29 is 26.3 Å². The van der Waals surface area contributed by atoms with Crippen LogP contribution in [0.25, 0.3) is 0 Å². The molecule has 0 saturated carbocycles. The van der Waals surface area contributed by atoms with Crippen LogP contribution in [0, 0.1) is 30.1 Å². The van der Waals surface area contributed by atoms with Gasteiger partial charge in [-0.05, 0) is 42.8 Å². The number of halogens is 6. The SMILES string of the molecule is Cc1c(C#Cc2cc(C(F)(F)F)cc(C(F)(F)F)c2)ccc(N)c1C#N. The molecule has 0 heterocycles. The van der Waals surface area contributed by atoms with Crippen LogP contribution in [0.15, 0.2) is 30.3 Å². The van der Waals surface area contributed by atoms with Crippen LogP contribution in [0.4, 0.5) is 32.0 Å². The summed E-state index contributed by atoms with van der Waals surface area (Å²) in [4.78, 5) is 0. The second-order valence-electron chi connectivity index (χ2n) is 5.36. The van der Waals surface area contributed by atoms with Crippen LogP contribution in [-0.2, 0) is 12.4 Å². The molecule has 0 bridgehead atoms. The molecular weight excluding hydrogens is 358 g/mol. The van der Waals surface area contributed by atoms with Crippen LogP contribution in [0.5, 0.6) is 0 Å². The van der Waals surface area contributed by atoms with E-state index in [0.29, 0.717) is 17.7 Å². The zero-order valence-corrected chi connectivity index (χ0v) is 13.2. The molecule has 0 aliphatic carbocycles. The standard InChI is InChI=1S/C18H10F6N2/c1-10-12(4-5-16(26)15(10)9-25)3-2-11-6-13(17(19,20)21)8-14(7-11)18(22,23)24/h4-8H,26H2,1H3. The maximum absolute atomic E-state index is 12.8. The summed E-state index contributed by atoms with van der Waals surface area (Å²) in [7, 11) is 0. The quantitative estimate of drug-likeness (QED) is 0.409. The average molecular weight is 368 g/mol. The van der Waals surface area contributed by atoms with Crippen LogP contribution in [-0.4, -0.2) is 0 Å². The lowest BCUT2D eigenvalue weighted by Gasteiger charge is -2.12. The molecule has 26 heavy (non-hydrogen) atoms. The maximum Gasteiger partial charge on any atom is 0.416 e. The van der Waals surface area contributed by atoms with Crippen molar-refractivity contribution in [1.82, 2.24) is 0 Å². The normalized spacial score (nSPS) is 11.5. The molecule has 0 unspecified atom stereocenters. The van der Waals surface area contributed by atoms with Crippen LogP contribution < -0.4 is 5.73 Å². The fourth-order valence-corrected chi connectivity index (χ4v) is 2.18. The molecule has 0 amide bonds. The predicted octanol–water partition coefficient (Wildman–Crippen LogP) is 4.89. The number of nitrogens with zero attached hydrogens (tertiary/aromatic N) is 1. The third-order valence-corrected chi connectivity index (χ3v) is 3.54. The Hall–Kier alpha value is -3.13. The molecule has 0 spiro atoms. The van der Waals surface area contributed by atoms with Gasteiger partial charge >= 0.3 is 12.4 Å². The van der Waals surface area contributed by atoms with Gasteiger partial charge in [-0.15, -0.1) is 0 Å².